The van der Waals surface area contributed by atoms with Crippen LogP contribution in [0, 0.1) is 6.92 Å². The number of anilines is 1. The van der Waals surface area contributed by atoms with E-state index in [1.165, 1.54) is 0 Å². The van der Waals surface area contributed by atoms with Gasteiger partial charge in [-0.15, -0.1) is 0 Å². The second-order valence-corrected chi connectivity index (χ2v) is 5.98. The Balaban J connectivity index is 1.95. The first-order valence-corrected chi connectivity index (χ1v) is 7.99. The molecular formula is C17H17ClN4O2. The van der Waals surface area contributed by atoms with Gasteiger partial charge in [-0.25, -0.2) is 9.97 Å². The van der Waals surface area contributed by atoms with E-state index in [0.717, 1.165) is 22.3 Å². The zero-order valence-corrected chi connectivity index (χ0v) is 13.9. The Morgan fingerprint density at radius 2 is 2.17 bits per heavy atom. The number of hydrogen-bond donors (Lipinski definition) is 3. The number of aryl methyl sites for hydroxylation is 1. The minimum atomic E-state index is -0.804. The highest BCUT2D eigenvalue weighted by atomic mass is 35.5. The molecule has 0 aliphatic carbocycles. The van der Waals surface area contributed by atoms with Crippen molar-refractivity contribution in [1.82, 2.24) is 15.0 Å². The fourth-order valence-electron chi connectivity index (χ4n) is 2.48. The van der Waals surface area contributed by atoms with Gasteiger partial charge >= 0.3 is 5.97 Å². The number of rotatable bonds is 6. The van der Waals surface area contributed by atoms with Crippen LogP contribution >= 0.6 is 11.6 Å². The number of carboxylic acid groups (broad SMARTS) is 1. The first-order chi connectivity index (χ1) is 11.5. The molecule has 0 aliphatic rings. The number of carbonyl (C=O) groups is 1. The molecule has 0 amide bonds. The van der Waals surface area contributed by atoms with Crippen LogP contribution in [0.3, 0.4) is 0 Å². The van der Waals surface area contributed by atoms with E-state index in [4.69, 9.17) is 16.7 Å². The van der Waals surface area contributed by atoms with Gasteiger partial charge in [0.15, 0.2) is 5.82 Å². The Morgan fingerprint density at radius 1 is 1.33 bits per heavy atom. The lowest BCUT2D eigenvalue weighted by Gasteiger charge is -2.08. The number of benzene rings is 1. The van der Waals surface area contributed by atoms with Gasteiger partial charge < -0.3 is 15.4 Å². The fourth-order valence-corrected chi connectivity index (χ4v) is 2.67. The average molecular weight is 345 g/mol. The molecule has 2 heterocycles. The summed E-state index contributed by atoms with van der Waals surface area (Å²) in [6.07, 6.45) is 0.644. The minimum absolute atomic E-state index is 0.120. The van der Waals surface area contributed by atoms with Gasteiger partial charge in [0.05, 0.1) is 5.39 Å². The van der Waals surface area contributed by atoms with E-state index >= 15 is 0 Å². The highest BCUT2D eigenvalue weighted by Gasteiger charge is 2.12. The Bertz CT molecular complexity index is 891. The molecule has 6 nitrogen and oxygen atoms in total. The van der Waals surface area contributed by atoms with Crippen LogP contribution in [0.4, 0.5) is 5.82 Å². The van der Waals surface area contributed by atoms with Gasteiger partial charge in [-0.3, -0.25) is 4.79 Å². The number of nitrogens with zero attached hydrogens (tertiary/aromatic N) is 2. The molecule has 3 N–H and O–H groups in total. The lowest BCUT2D eigenvalue weighted by Crippen LogP contribution is -2.07. The van der Waals surface area contributed by atoms with Crippen LogP contribution in [-0.2, 0) is 4.79 Å². The van der Waals surface area contributed by atoms with Gasteiger partial charge in [-0.05, 0) is 31.5 Å². The summed E-state index contributed by atoms with van der Waals surface area (Å²) >= 11 is 6.05. The van der Waals surface area contributed by atoms with Crippen molar-refractivity contribution in [2.45, 2.75) is 19.8 Å². The molecule has 0 radical (unpaired) electrons. The summed E-state index contributed by atoms with van der Waals surface area (Å²) in [5, 5.41) is 13.5. The van der Waals surface area contributed by atoms with Gasteiger partial charge in [-0.2, -0.15) is 0 Å². The van der Waals surface area contributed by atoms with E-state index in [1.807, 2.05) is 31.2 Å². The number of H-pyrrole nitrogens is 1. The number of aliphatic carboxylic acids is 1. The van der Waals surface area contributed by atoms with Gasteiger partial charge in [0.1, 0.15) is 11.5 Å². The van der Waals surface area contributed by atoms with Gasteiger partial charge in [0.25, 0.3) is 0 Å². The largest absolute Gasteiger partial charge is 0.481 e. The van der Waals surface area contributed by atoms with Crippen molar-refractivity contribution in [3.8, 4) is 11.4 Å². The lowest BCUT2D eigenvalue weighted by molar-refractivity contribution is -0.137. The molecule has 0 unspecified atom stereocenters. The van der Waals surface area contributed by atoms with Crippen molar-refractivity contribution >= 4 is 34.4 Å². The van der Waals surface area contributed by atoms with Crippen molar-refractivity contribution in [3.63, 3.8) is 0 Å². The molecule has 1 aromatic carbocycles. The van der Waals surface area contributed by atoms with E-state index in [0.29, 0.717) is 29.6 Å². The molecule has 0 saturated carbocycles. The van der Waals surface area contributed by atoms with Gasteiger partial charge in [-0.1, -0.05) is 23.7 Å². The van der Waals surface area contributed by atoms with Crippen LogP contribution in [0.5, 0.6) is 0 Å². The summed E-state index contributed by atoms with van der Waals surface area (Å²) in [7, 11) is 0. The Morgan fingerprint density at radius 3 is 2.92 bits per heavy atom. The second-order valence-electron chi connectivity index (χ2n) is 5.54. The van der Waals surface area contributed by atoms with Crippen molar-refractivity contribution < 1.29 is 9.90 Å². The third-order valence-corrected chi connectivity index (χ3v) is 3.80. The SMILES string of the molecule is Cc1cc2c(NCCCC(=O)O)nc(-c3cccc(Cl)c3)nc2[nH]1. The number of nitrogens with one attached hydrogen (secondary N) is 2. The maximum atomic E-state index is 10.6. The summed E-state index contributed by atoms with van der Waals surface area (Å²) in [6, 6.07) is 9.33. The first kappa shape index (κ1) is 16.3. The Labute approximate surface area is 143 Å². The summed E-state index contributed by atoms with van der Waals surface area (Å²) in [6.45, 7) is 2.48. The van der Waals surface area contributed by atoms with E-state index < -0.39 is 5.97 Å². The molecule has 124 valence electrons. The summed E-state index contributed by atoms with van der Waals surface area (Å²) in [4.78, 5) is 23.0. The molecule has 0 bridgehead atoms. The van der Waals surface area contributed by atoms with E-state index in [1.54, 1.807) is 6.07 Å². The fraction of sp³-hybridized carbons (Fsp3) is 0.235. The molecule has 24 heavy (non-hydrogen) atoms. The third-order valence-electron chi connectivity index (χ3n) is 3.56. The third kappa shape index (κ3) is 3.65. The summed E-state index contributed by atoms with van der Waals surface area (Å²) in [5.74, 6) is 0.444. The summed E-state index contributed by atoms with van der Waals surface area (Å²) in [5.41, 5.74) is 2.54. The molecule has 3 aromatic rings. The first-order valence-electron chi connectivity index (χ1n) is 7.62. The zero-order chi connectivity index (χ0) is 17.1. The van der Waals surface area contributed by atoms with Gasteiger partial charge in [0, 0.05) is 29.2 Å². The van der Waals surface area contributed by atoms with Crippen molar-refractivity contribution in [2.24, 2.45) is 0 Å². The predicted molar refractivity (Wildman–Crippen MR) is 94.4 cm³/mol. The molecular weight excluding hydrogens is 328 g/mol. The maximum absolute atomic E-state index is 10.6. The average Bonchev–Trinajstić information content (AvgIpc) is 2.91. The summed E-state index contributed by atoms with van der Waals surface area (Å²) < 4.78 is 0. The molecule has 0 saturated heterocycles. The van der Waals surface area contributed by atoms with Crippen LogP contribution in [0.2, 0.25) is 5.02 Å². The van der Waals surface area contributed by atoms with Crippen molar-refractivity contribution in [2.75, 3.05) is 11.9 Å². The number of fused-ring (bicyclic) bond motifs is 1. The lowest BCUT2D eigenvalue weighted by atomic mass is 10.2. The highest BCUT2D eigenvalue weighted by Crippen LogP contribution is 2.26. The normalized spacial score (nSPS) is 10.9. The molecule has 0 spiro atoms. The zero-order valence-electron chi connectivity index (χ0n) is 13.1. The molecule has 0 atom stereocenters. The molecule has 7 heteroatoms. The maximum Gasteiger partial charge on any atom is 0.303 e. The molecule has 3 rings (SSSR count). The minimum Gasteiger partial charge on any atom is -0.481 e. The number of carboxylic acids is 1. The van der Waals surface area contributed by atoms with Crippen molar-refractivity contribution in [3.05, 3.63) is 41.0 Å². The van der Waals surface area contributed by atoms with Crippen LogP contribution < -0.4 is 5.32 Å². The van der Waals surface area contributed by atoms with Gasteiger partial charge in [0.2, 0.25) is 0 Å². The quantitative estimate of drug-likeness (QED) is 0.590. The smallest absolute Gasteiger partial charge is 0.303 e. The Hall–Kier alpha value is -2.60. The standard InChI is InChI=1S/C17H17ClN4O2/c1-10-8-13-16(19-7-3-6-14(23)24)21-15(22-17(13)20-10)11-4-2-5-12(18)9-11/h2,4-5,8-9H,3,6-7H2,1H3,(H,23,24)(H2,19,20,21,22). The highest BCUT2D eigenvalue weighted by molar-refractivity contribution is 6.30. The van der Waals surface area contributed by atoms with Crippen LogP contribution in [0.1, 0.15) is 18.5 Å². The van der Waals surface area contributed by atoms with E-state index in [-0.39, 0.29) is 6.42 Å². The number of aromatic amines is 1. The molecule has 0 fully saturated rings. The molecule has 0 aliphatic heterocycles. The molecule has 2 aromatic heterocycles. The van der Waals surface area contributed by atoms with Crippen LogP contribution in [0.25, 0.3) is 22.4 Å². The monoisotopic (exact) mass is 344 g/mol. The van der Waals surface area contributed by atoms with Crippen LogP contribution in [-0.4, -0.2) is 32.6 Å². The van der Waals surface area contributed by atoms with Crippen molar-refractivity contribution in [1.29, 1.82) is 0 Å². The number of halogens is 1. The number of aromatic nitrogens is 3. The number of hydrogen-bond acceptors (Lipinski definition) is 4. The second kappa shape index (κ2) is 6.88. The topological polar surface area (TPSA) is 90.9 Å². The van der Waals surface area contributed by atoms with E-state index in [2.05, 4.69) is 20.3 Å². The predicted octanol–water partition coefficient (Wildman–Crippen LogP) is 3.86. The van der Waals surface area contributed by atoms with Crippen LogP contribution in [0.15, 0.2) is 30.3 Å². The Kier molecular flexibility index (Phi) is 4.66. The van der Waals surface area contributed by atoms with E-state index in [9.17, 15) is 4.79 Å².